The molecule has 3 aromatic rings. The molecule has 3 aromatic carbocycles. The van der Waals surface area contributed by atoms with Crippen LogP contribution in [0.1, 0.15) is 27.2 Å². The van der Waals surface area contributed by atoms with Crippen molar-refractivity contribution in [3.05, 3.63) is 66.7 Å². The first-order valence-corrected chi connectivity index (χ1v) is 10.6. The molecule has 0 atom stereocenters. The highest BCUT2D eigenvalue weighted by Gasteiger charge is 2.16. The molecule has 0 spiro atoms. The van der Waals surface area contributed by atoms with E-state index < -0.39 is 0 Å². The first kappa shape index (κ1) is 20.9. The molecule has 0 saturated heterocycles. The maximum atomic E-state index is 12.3. The highest BCUT2D eigenvalue weighted by Crippen LogP contribution is 2.24. The Balaban J connectivity index is 1.55. The van der Waals surface area contributed by atoms with Crippen molar-refractivity contribution in [1.29, 1.82) is 0 Å². The summed E-state index contributed by atoms with van der Waals surface area (Å²) >= 11 is 1.44. The summed E-state index contributed by atoms with van der Waals surface area (Å²) < 4.78 is 0. The molecule has 0 unspecified atom stereocenters. The van der Waals surface area contributed by atoms with Crippen LogP contribution in [-0.4, -0.2) is 17.6 Å². The van der Waals surface area contributed by atoms with Crippen LogP contribution in [0.4, 0.5) is 11.4 Å². The van der Waals surface area contributed by atoms with Crippen LogP contribution < -0.4 is 10.6 Å². The number of hydrogen-bond acceptors (Lipinski definition) is 3. The quantitative estimate of drug-likeness (QED) is 0.498. The average Bonchev–Trinajstić information content (AvgIpc) is 2.65. The van der Waals surface area contributed by atoms with Crippen LogP contribution in [0, 0.1) is 5.41 Å². The molecule has 0 aromatic heterocycles. The normalized spacial score (nSPS) is 11.3. The van der Waals surface area contributed by atoms with Gasteiger partial charge < -0.3 is 10.6 Å². The molecule has 150 valence electrons. The van der Waals surface area contributed by atoms with E-state index in [1.807, 2.05) is 87.5 Å². The Bertz CT molecular complexity index is 1020. The van der Waals surface area contributed by atoms with E-state index in [0.717, 1.165) is 27.0 Å². The lowest BCUT2D eigenvalue weighted by atomic mass is 9.92. The van der Waals surface area contributed by atoms with E-state index in [2.05, 4.69) is 10.6 Å². The fraction of sp³-hybridized carbons (Fsp3) is 0.250. The summed E-state index contributed by atoms with van der Waals surface area (Å²) in [7, 11) is 0. The summed E-state index contributed by atoms with van der Waals surface area (Å²) in [6.07, 6.45) is 0.457. The van der Waals surface area contributed by atoms with Gasteiger partial charge in [0.15, 0.2) is 0 Å². The van der Waals surface area contributed by atoms with Gasteiger partial charge in [-0.3, -0.25) is 9.59 Å². The van der Waals surface area contributed by atoms with Crippen LogP contribution in [0.5, 0.6) is 0 Å². The number of hydrogen-bond donors (Lipinski definition) is 2. The van der Waals surface area contributed by atoms with Gasteiger partial charge in [-0.2, -0.15) is 0 Å². The minimum absolute atomic E-state index is 0.00584. The van der Waals surface area contributed by atoms with E-state index in [-0.39, 0.29) is 17.2 Å². The minimum Gasteiger partial charge on any atom is -0.326 e. The van der Waals surface area contributed by atoms with Crippen LogP contribution in [0.25, 0.3) is 10.8 Å². The second kappa shape index (κ2) is 9.14. The van der Waals surface area contributed by atoms with Crippen molar-refractivity contribution < 1.29 is 9.59 Å². The summed E-state index contributed by atoms with van der Waals surface area (Å²) in [6, 6.07) is 21.5. The van der Waals surface area contributed by atoms with Crippen molar-refractivity contribution in [3.8, 4) is 0 Å². The van der Waals surface area contributed by atoms with Gasteiger partial charge >= 0.3 is 0 Å². The zero-order chi connectivity index (χ0) is 20.9. The minimum atomic E-state index is -0.0625. The van der Waals surface area contributed by atoms with Gasteiger partial charge in [-0.05, 0) is 46.5 Å². The Morgan fingerprint density at radius 2 is 1.48 bits per heavy atom. The topological polar surface area (TPSA) is 58.2 Å². The molecular formula is C24H26N2O2S. The first-order valence-electron chi connectivity index (χ1n) is 9.60. The van der Waals surface area contributed by atoms with Crippen molar-refractivity contribution in [2.45, 2.75) is 32.1 Å². The molecule has 0 aliphatic rings. The predicted molar refractivity (Wildman–Crippen MR) is 122 cm³/mol. The lowest BCUT2D eigenvalue weighted by Crippen LogP contribution is -2.19. The van der Waals surface area contributed by atoms with E-state index in [1.165, 1.54) is 11.8 Å². The Hall–Kier alpha value is -2.79. The maximum Gasteiger partial charge on any atom is 0.234 e. The molecule has 0 bridgehead atoms. The van der Waals surface area contributed by atoms with Crippen LogP contribution in [0.15, 0.2) is 71.6 Å². The Morgan fingerprint density at radius 3 is 2.24 bits per heavy atom. The van der Waals surface area contributed by atoms with E-state index in [1.54, 1.807) is 0 Å². The molecule has 3 rings (SSSR count). The maximum absolute atomic E-state index is 12.3. The van der Waals surface area contributed by atoms with Crippen LogP contribution >= 0.6 is 11.8 Å². The van der Waals surface area contributed by atoms with Crippen LogP contribution in [0.2, 0.25) is 0 Å². The summed E-state index contributed by atoms with van der Waals surface area (Å²) in [5.41, 5.74) is 1.48. The number of carbonyl (C=O) groups is 2. The number of nitrogens with one attached hydrogen (secondary N) is 2. The SMILES string of the molecule is CC(C)(C)CC(=O)Nc1cccc(SCC(=O)Nc2ccc3ccccc3c2)c1. The standard InChI is InChI=1S/C24H26N2O2S/c1-24(2,3)15-22(27)25-19-9-6-10-21(14-19)29-16-23(28)26-20-12-11-17-7-4-5-8-18(17)13-20/h4-14H,15-16H2,1-3H3,(H,25,27)(H,26,28). The van der Waals surface area contributed by atoms with Gasteiger partial charge in [0.25, 0.3) is 0 Å². The molecule has 4 nitrogen and oxygen atoms in total. The van der Waals surface area contributed by atoms with Crippen LogP contribution in [-0.2, 0) is 9.59 Å². The zero-order valence-corrected chi connectivity index (χ0v) is 17.8. The summed E-state index contributed by atoms with van der Waals surface area (Å²) in [6.45, 7) is 6.10. The number of rotatable bonds is 6. The number of thioether (sulfide) groups is 1. The highest BCUT2D eigenvalue weighted by atomic mass is 32.2. The van der Waals surface area contributed by atoms with Gasteiger partial charge in [-0.1, -0.05) is 57.2 Å². The summed E-state index contributed by atoms with van der Waals surface area (Å²) in [4.78, 5) is 25.4. The number of carbonyl (C=O) groups excluding carboxylic acids is 2. The number of benzene rings is 3. The Kier molecular flexibility index (Phi) is 6.60. The second-order valence-corrected chi connectivity index (χ2v) is 9.26. The van der Waals surface area contributed by atoms with E-state index >= 15 is 0 Å². The molecular weight excluding hydrogens is 380 g/mol. The van der Waals surface area contributed by atoms with E-state index in [0.29, 0.717) is 12.2 Å². The highest BCUT2D eigenvalue weighted by molar-refractivity contribution is 8.00. The molecule has 2 N–H and O–H groups in total. The Labute approximate surface area is 176 Å². The predicted octanol–water partition coefficient (Wildman–Crippen LogP) is 5.95. The fourth-order valence-electron chi connectivity index (χ4n) is 2.96. The van der Waals surface area contributed by atoms with Gasteiger partial charge in [0.1, 0.15) is 0 Å². The largest absolute Gasteiger partial charge is 0.326 e. The molecule has 0 saturated carbocycles. The van der Waals surface area contributed by atoms with Gasteiger partial charge in [-0.25, -0.2) is 0 Å². The molecule has 0 heterocycles. The van der Waals surface area contributed by atoms with Gasteiger partial charge in [-0.15, -0.1) is 11.8 Å². The number of fused-ring (bicyclic) bond motifs is 1. The third-order valence-corrected chi connectivity index (χ3v) is 5.21. The average molecular weight is 407 g/mol. The van der Waals surface area contributed by atoms with Crippen LogP contribution in [0.3, 0.4) is 0 Å². The molecule has 2 amide bonds. The molecule has 0 aliphatic carbocycles. The summed E-state index contributed by atoms with van der Waals surface area (Å²) in [5.74, 6) is 0.229. The molecule has 29 heavy (non-hydrogen) atoms. The number of anilines is 2. The van der Waals surface area contributed by atoms with Gasteiger partial charge in [0, 0.05) is 22.7 Å². The third kappa shape index (κ3) is 6.64. The third-order valence-electron chi connectivity index (χ3n) is 4.21. The molecule has 5 heteroatoms. The monoisotopic (exact) mass is 406 g/mol. The lowest BCUT2D eigenvalue weighted by Gasteiger charge is -2.17. The molecule has 0 aliphatic heterocycles. The lowest BCUT2D eigenvalue weighted by molar-refractivity contribution is -0.118. The van der Waals surface area contributed by atoms with Gasteiger partial charge in [0.05, 0.1) is 5.75 Å². The Morgan fingerprint density at radius 1 is 0.793 bits per heavy atom. The zero-order valence-electron chi connectivity index (χ0n) is 17.0. The van der Waals surface area contributed by atoms with E-state index in [9.17, 15) is 9.59 Å². The van der Waals surface area contributed by atoms with Crippen molar-refractivity contribution in [2.24, 2.45) is 5.41 Å². The van der Waals surface area contributed by atoms with Gasteiger partial charge in [0.2, 0.25) is 11.8 Å². The molecule has 0 fully saturated rings. The molecule has 0 radical (unpaired) electrons. The summed E-state index contributed by atoms with van der Waals surface area (Å²) in [5, 5.41) is 8.12. The fourth-order valence-corrected chi connectivity index (χ4v) is 3.72. The van der Waals surface area contributed by atoms with Crippen molar-refractivity contribution >= 4 is 45.7 Å². The van der Waals surface area contributed by atoms with E-state index in [4.69, 9.17) is 0 Å². The smallest absolute Gasteiger partial charge is 0.234 e. The first-order chi connectivity index (χ1) is 13.8. The second-order valence-electron chi connectivity index (χ2n) is 8.21. The van der Waals surface area contributed by atoms with Crippen molar-refractivity contribution in [2.75, 3.05) is 16.4 Å². The van der Waals surface area contributed by atoms with Crippen molar-refractivity contribution in [1.82, 2.24) is 0 Å². The number of amides is 2. The van der Waals surface area contributed by atoms with Crippen molar-refractivity contribution in [3.63, 3.8) is 0 Å².